The predicted octanol–water partition coefficient (Wildman–Crippen LogP) is 14.0. The smallest absolute Gasteiger partial charge is 0.0901 e. The van der Waals surface area contributed by atoms with Gasteiger partial charge in [0.1, 0.15) is 0 Å². The summed E-state index contributed by atoms with van der Waals surface area (Å²) in [4.78, 5) is 8.97. The molecular formula is C74H136N20. The van der Waals surface area contributed by atoms with Gasteiger partial charge in [0.2, 0.25) is 0 Å². The minimum absolute atomic E-state index is 0.141. The van der Waals surface area contributed by atoms with Crippen LogP contribution >= 0.6 is 0 Å². The van der Waals surface area contributed by atoms with Crippen LogP contribution in [0, 0.1) is 10.8 Å². The van der Waals surface area contributed by atoms with Crippen LogP contribution < -0.4 is 31.9 Å². The van der Waals surface area contributed by atoms with E-state index in [1.165, 1.54) is 64.2 Å². The topological polar surface area (TPSA) is 226 Å². The zero-order valence-corrected chi connectivity index (χ0v) is 64.9. The Kier molecular flexibility index (Phi) is 38.1. The Bertz CT molecular complexity index is 2850. The van der Waals surface area contributed by atoms with Crippen LogP contribution in [-0.4, -0.2) is 133 Å². The second-order valence-corrected chi connectivity index (χ2v) is 30.8. The summed E-state index contributed by atoms with van der Waals surface area (Å²) in [7, 11) is 11.6. The van der Waals surface area contributed by atoms with Gasteiger partial charge in [0.15, 0.2) is 0 Å². The second-order valence-electron chi connectivity index (χ2n) is 30.8. The fourth-order valence-corrected chi connectivity index (χ4v) is 9.49. The Hall–Kier alpha value is -6.16. The molecule has 0 radical (unpaired) electrons. The van der Waals surface area contributed by atoms with Crippen molar-refractivity contribution >= 4 is 11.4 Å². The number of aromatic nitrogens is 12. The SMILES string of the molecule is CCCC1=CCN=C1C(C)(C)C.CCCc1cnn(C(C)C)c1.CNCC1=NCC=C1C(C)(C)C.CNCc1[nH]ncc1C(C)(C)C.CNCc1cc(C(C)(C)C)n[nH]1.CNCc1ccn(C(C)C)n1.CNCn1cc(C(C)(C)C)cn1.CNCn1ccc(C(C)(C)C)n1. The molecule has 2 aliphatic heterocycles. The fourth-order valence-electron chi connectivity index (χ4n) is 9.49. The molecule has 0 unspecified atom stereocenters. The van der Waals surface area contributed by atoms with E-state index in [0.29, 0.717) is 12.1 Å². The van der Waals surface area contributed by atoms with Crippen LogP contribution in [0.3, 0.4) is 0 Å². The summed E-state index contributed by atoms with van der Waals surface area (Å²) < 4.78 is 7.78. The first kappa shape index (κ1) is 85.9. The van der Waals surface area contributed by atoms with E-state index in [-0.39, 0.29) is 32.5 Å². The molecule has 0 fully saturated rings. The Morgan fingerprint density at radius 2 is 1.10 bits per heavy atom. The fraction of sp³-hybridized carbons (Fsp3) is 0.676. The predicted molar refractivity (Wildman–Crippen MR) is 401 cm³/mol. The van der Waals surface area contributed by atoms with E-state index in [9.17, 15) is 0 Å². The molecule has 8 rings (SSSR count). The molecule has 0 atom stereocenters. The van der Waals surface area contributed by atoms with Crippen molar-refractivity contribution in [2.75, 3.05) is 61.9 Å². The van der Waals surface area contributed by atoms with Gasteiger partial charge in [-0.15, -0.1) is 0 Å². The van der Waals surface area contributed by atoms with Crippen molar-refractivity contribution in [2.24, 2.45) is 20.8 Å². The van der Waals surface area contributed by atoms with E-state index < -0.39 is 0 Å². The van der Waals surface area contributed by atoms with Gasteiger partial charge in [-0.3, -0.25) is 38.9 Å². The molecule has 0 aliphatic carbocycles. The molecule has 0 saturated heterocycles. The second kappa shape index (κ2) is 41.7. The van der Waals surface area contributed by atoms with Gasteiger partial charge in [0, 0.05) is 90.7 Å². The molecule has 0 amide bonds. The van der Waals surface area contributed by atoms with Crippen molar-refractivity contribution in [2.45, 2.75) is 259 Å². The monoisotopic (exact) mass is 1310 g/mol. The van der Waals surface area contributed by atoms with Gasteiger partial charge >= 0.3 is 0 Å². The zero-order valence-electron chi connectivity index (χ0n) is 64.9. The van der Waals surface area contributed by atoms with Crippen LogP contribution in [0.1, 0.15) is 243 Å². The number of nitrogens with zero attached hydrogens (tertiary/aromatic N) is 12. The molecule has 0 spiro atoms. The molecule has 20 heteroatoms. The minimum Gasteiger partial charge on any atom is -0.314 e. The number of hydrogen-bond donors (Lipinski definition) is 8. The highest BCUT2D eigenvalue weighted by Crippen LogP contribution is 2.30. The lowest BCUT2D eigenvalue weighted by Gasteiger charge is -2.21. The number of aryl methyl sites for hydroxylation is 1. The molecule has 0 bridgehead atoms. The van der Waals surface area contributed by atoms with Gasteiger partial charge in [-0.1, -0.05) is 163 Å². The quantitative estimate of drug-likeness (QED) is 0.0402. The number of rotatable bonds is 18. The largest absolute Gasteiger partial charge is 0.314 e. The van der Waals surface area contributed by atoms with Gasteiger partial charge < -0.3 is 31.9 Å². The summed E-state index contributed by atoms with van der Waals surface area (Å²) in [5.41, 5.74) is 16.2. The molecule has 2 aliphatic rings. The van der Waals surface area contributed by atoms with E-state index in [2.05, 4.69) is 286 Å². The summed E-state index contributed by atoms with van der Waals surface area (Å²) in [6.45, 7) is 59.2. The molecule has 0 aromatic carbocycles. The van der Waals surface area contributed by atoms with Crippen LogP contribution in [-0.2, 0) is 61.1 Å². The maximum absolute atomic E-state index is 4.53. The van der Waals surface area contributed by atoms with Crippen LogP contribution in [0.25, 0.3) is 0 Å². The molecule has 20 nitrogen and oxygen atoms in total. The van der Waals surface area contributed by atoms with E-state index in [1.807, 2.05) is 98.1 Å². The number of allylic oxidation sites excluding steroid dienone is 1. The highest BCUT2D eigenvalue weighted by molar-refractivity contribution is 6.05. The normalized spacial score (nSPS) is 13.2. The van der Waals surface area contributed by atoms with E-state index in [1.54, 1.807) is 0 Å². The van der Waals surface area contributed by atoms with Crippen molar-refractivity contribution < 1.29 is 0 Å². The molecule has 0 saturated carbocycles. The molecule has 6 aromatic rings. The molecule has 8 heterocycles. The number of aromatic amines is 2. The first-order chi connectivity index (χ1) is 43.7. The Balaban J connectivity index is 0.000000537. The van der Waals surface area contributed by atoms with Crippen LogP contribution in [0.2, 0.25) is 0 Å². The summed E-state index contributed by atoms with van der Waals surface area (Å²) in [6.07, 6.45) is 23.3. The van der Waals surface area contributed by atoms with Gasteiger partial charge in [-0.05, 0) is 145 Å². The summed E-state index contributed by atoms with van der Waals surface area (Å²) in [5, 5.41) is 50.0. The Morgan fingerprint density at radius 3 is 1.55 bits per heavy atom. The summed E-state index contributed by atoms with van der Waals surface area (Å²) in [5.74, 6) is 0. The molecular weight excluding hydrogens is 1170 g/mol. The summed E-state index contributed by atoms with van der Waals surface area (Å²) in [6, 6.07) is 7.16. The average molecular weight is 1310 g/mol. The summed E-state index contributed by atoms with van der Waals surface area (Å²) >= 11 is 0. The third-order valence-corrected chi connectivity index (χ3v) is 14.6. The van der Waals surface area contributed by atoms with Crippen molar-refractivity contribution in [1.82, 2.24) is 91.4 Å². The first-order valence-electron chi connectivity index (χ1n) is 34.3. The highest BCUT2D eigenvalue weighted by atomic mass is 15.3. The van der Waals surface area contributed by atoms with Crippen LogP contribution in [0.15, 0.2) is 94.9 Å². The van der Waals surface area contributed by atoms with Gasteiger partial charge in [-0.25, -0.2) is 0 Å². The lowest BCUT2D eigenvalue weighted by Crippen LogP contribution is -2.25. The molecule has 532 valence electrons. The zero-order chi connectivity index (χ0) is 71.7. The lowest BCUT2D eigenvalue weighted by atomic mass is 9.84. The van der Waals surface area contributed by atoms with E-state index in [4.69, 9.17) is 0 Å². The Labute approximate surface area is 571 Å². The lowest BCUT2D eigenvalue weighted by molar-refractivity contribution is 0.510. The third kappa shape index (κ3) is 33.0. The third-order valence-electron chi connectivity index (χ3n) is 14.6. The first-order valence-corrected chi connectivity index (χ1v) is 34.3. The van der Waals surface area contributed by atoms with Crippen molar-refractivity contribution in [3.05, 3.63) is 130 Å². The standard InChI is InChI=1S/C11H19N.C10H18N2.4C9H17N3.C9H16N2.C8H15N3/c1-5-6-9-7-8-12-10(9)11(2,3)4;1-10(2,3)8-5-6-12-9(8)7-11-4;1-9(2,3)8-5-11-12(6-8)7-10-4;1-9(2,3)7-5-11-12-8(7)6-10-4;1-9(2,3)8-5-7(6-10-4)11-12-8;1-9(2,3)8-5-6-12(11-8)7-10-4;1-4-5-9-6-10-11(7-9)8(2)3;1-7(2)11-5-4-8(10-11)6-9-3/h7H,5-6,8H2,1-4H3;5,11H,6-7H2,1-4H3;5-6,10H,7H2,1-4H3;2*5,10H,6H2,1-4H3,(H,11,12);5-6,10H,7H2,1-4H3;6-8H,4-5H2,1-3H3;4-5,7,9H,6H2,1-3H3. The van der Waals surface area contributed by atoms with Gasteiger partial charge in [0.25, 0.3) is 0 Å². The average Bonchev–Trinajstić information content (AvgIpc) is 1.71. The molecule has 6 aromatic heterocycles. The number of aliphatic imine (C=N–C) groups is 2. The van der Waals surface area contributed by atoms with Gasteiger partial charge in [-0.2, -0.15) is 30.6 Å². The minimum atomic E-state index is 0.141. The van der Waals surface area contributed by atoms with Crippen LogP contribution in [0.4, 0.5) is 0 Å². The maximum Gasteiger partial charge on any atom is 0.0901 e. The van der Waals surface area contributed by atoms with Crippen molar-refractivity contribution in [3.63, 3.8) is 0 Å². The van der Waals surface area contributed by atoms with E-state index >= 15 is 0 Å². The van der Waals surface area contributed by atoms with Crippen molar-refractivity contribution in [1.29, 1.82) is 0 Å². The number of H-pyrrole nitrogens is 2. The Morgan fingerprint density at radius 1 is 0.511 bits per heavy atom. The van der Waals surface area contributed by atoms with Crippen molar-refractivity contribution in [3.8, 4) is 0 Å². The highest BCUT2D eigenvalue weighted by Gasteiger charge is 2.25. The molecule has 8 N–H and O–H groups in total. The van der Waals surface area contributed by atoms with Crippen LogP contribution in [0.5, 0.6) is 0 Å². The number of hydrogen-bond acceptors (Lipinski definition) is 14. The number of nitrogens with one attached hydrogen (secondary N) is 8. The van der Waals surface area contributed by atoms with Gasteiger partial charge in [0.05, 0.1) is 73.5 Å². The van der Waals surface area contributed by atoms with E-state index in [0.717, 1.165) is 81.8 Å². The molecule has 94 heavy (non-hydrogen) atoms. The maximum atomic E-state index is 4.53.